The van der Waals surface area contributed by atoms with Gasteiger partial charge >= 0.3 is 6.18 Å². The highest BCUT2D eigenvalue weighted by atomic mass is 35.5. The molecule has 13 heteroatoms. The van der Waals surface area contributed by atoms with Crippen LogP contribution in [-0.4, -0.2) is 44.3 Å². The van der Waals surface area contributed by atoms with E-state index in [9.17, 15) is 35.6 Å². The molecular formula is C29H30ClF4N3O4S. The number of carbonyl (C=O) groups excluding carboxylic acids is 2. The zero-order valence-electron chi connectivity index (χ0n) is 22.9. The molecule has 0 spiro atoms. The van der Waals surface area contributed by atoms with Crippen LogP contribution in [-0.2, 0) is 32.3 Å². The van der Waals surface area contributed by atoms with Crippen LogP contribution in [0.4, 0.5) is 23.2 Å². The lowest BCUT2D eigenvalue weighted by Crippen LogP contribution is -2.52. The quantitative estimate of drug-likeness (QED) is 0.249. The first-order chi connectivity index (χ1) is 19.8. The van der Waals surface area contributed by atoms with E-state index in [0.717, 1.165) is 11.0 Å². The minimum absolute atomic E-state index is 0.137. The molecule has 42 heavy (non-hydrogen) atoms. The molecule has 0 aliphatic rings. The second kappa shape index (κ2) is 14.0. The van der Waals surface area contributed by atoms with Gasteiger partial charge in [-0.2, -0.15) is 13.2 Å². The average molecular weight is 628 g/mol. The van der Waals surface area contributed by atoms with Crippen molar-refractivity contribution in [2.75, 3.05) is 17.4 Å². The number of rotatable bonds is 12. The Balaban J connectivity index is 2.14. The molecular weight excluding hydrogens is 598 g/mol. The van der Waals surface area contributed by atoms with Crippen LogP contribution in [0.15, 0.2) is 77.7 Å². The molecule has 0 fully saturated rings. The van der Waals surface area contributed by atoms with E-state index < -0.39 is 57.7 Å². The molecule has 1 N–H and O–H groups in total. The van der Waals surface area contributed by atoms with Crippen LogP contribution in [0.5, 0.6) is 0 Å². The fourth-order valence-corrected chi connectivity index (χ4v) is 5.90. The third-order valence-corrected chi connectivity index (χ3v) is 8.45. The van der Waals surface area contributed by atoms with Crippen LogP contribution in [0.1, 0.15) is 37.8 Å². The van der Waals surface area contributed by atoms with E-state index in [1.54, 1.807) is 13.0 Å². The van der Waals surface area contributed by atoms with Crippen molar-refractivity contribution in [3.05, 3.63) is 94.8 Å². The predicted molar refractivity (Wildman–Crippen MR) is 152 cm³/mol. The summed E-state index contributed by atoms with van der Waals surface area (Å²) < 4.78 is 82.6. The number of hydrogen-bond acceptors (Lipinski definition) is 4. The molecule has 0 saturated heterocycles. The Labute approximate surface area is 247 Å². The Kier molecular flexibility index (Phi) is 11.0. The van der Waals surface area contributed by atoms with Gasteiger partial charge in [-0.1, -0.05) is 55.8 Å². The number of hydrogen-bond donors (Lipinski definition) is 1. The van der Waals surface area contributed by atoms with Crippen molar-refractivity contribution in [2.45, 2.75) is 50.3 Å². The van der Waals surface area contributed by atoms with E-state index >= 15 is 0 Å². The second-order valence-electron chi connectivity index (χ2n) is 9.35. The maximum absolute atomic E-state index is 13.9. The molecule has 7 nitrogen and oxygen atoms in total. The Morgan fingerprint density at radius 3 is 2.19 bits per heavy atom. The van der Waals surface area contributed by atoms with Crippen LogP contribution in [0, 0.1) is 5.82 Å². The van der Waals surface area contributed by atoms with Crippen molar-refractivity contribution in [3.8, 4) is 0 Å². The minimum atomic E-state index is -4.83. The van der Waals surface area contributed by atoms with E-state index in [2.05, 4.69) is 5.32 Å². The van der Waals surface area contributed by atoms with Gasteiger partial charge < -0.3 is 10.2 Å². The smallest absolute Gasteiger partial charge is 0.354 e. The summed E-state index contributed by atoms with van der Waals surface area (Å²) >= 11 is 6.24. The summed E-state index contributed by atoms with van der Waals surface area (Å²) in [6.45, 7) is 2.64. The minimum Gasteiger partial charge on any atom is -0.354 e. The van der Waals surface area contributed by atoms with Gasteiger partial charge in [-0.3, -0.25) is 13.9 Å². The number of benzene rings is 3. The molecule has 0 aromatic heterocycles. The molecule has 0 aliphatic carbocycles. The molecule has 3 aromatic rings. The van der Waals surface area contributed by atoms with Gasteiger partial charge in [0.25, 0.3) is 10.0 Å². The Morgan fingerprint density at radius 2 is 1.62 bits per heavy atom. The van der Waals surface area contributed by atoms with Gasteiger partial charge in [0.1, 0.15) is 18.4 Å². The number of nitrogens with zero attached hydrogens (tertiary/aromatic N) is 2. The van der Waals surface area contributed by atoms with Crippen LogP contribution in [0.25, 0.3) is 0 Å². The van der Waals surface area contributed by atoms with E-state index in [1.165, 1.54) is 48.5 Å². The van der Waals surface area contributed by atoms with Gasteiger partial charge in [0.2, 0.25) is 11.8 Å². The molecule has 0 aliphatic heterocycles. The van der Waals surface area contributed by atoms with Gasteiger partial charge in [0.05, 0.1) is 21.2 Å². The van der Waals surface area contributed by atoms with E-state index in [4.69, 9.17) is 11.6 Å². The molecule has 0 unspecified atom stereocenters. The van der Waals surface area contributed by atoms with Crippen LogP contribution >= 0.6 is 11.6 Å². The summed E-state index contributed by atoms with van der Waals surface area (Å²) in [5, 5.41) is 2.38. The summed E-state index contributed by atoms with van der Waals surface area (Å²) in [6, 6.07) is 13.1. The normalized spacial score (nSPS) is 12.5. The zero-order valence-corrected chi connectivity index (χ0v) is 24.4. The Morgan fingerprint density at radius 1 is 0.976 bits per heavy atom. The van der Waals surface area contributed by atoms with E-state index in [-0.39, 0.29) is 22.9 Å². The lowest BCUT2D eigenvalue weighted by atomic mass is 10.1. The summed E-state index contributed by atoms with van der Waals surface area (Å²) in [4.78, 5) is 27.9. The number of anilines is 1. The first-order valence-corrected chi connectivity index (χ1v) is 14.9. The second-order valence-corrected chi connectivity index (χ2v) is 11.6. The third kappa shape index (κ3) is 8.01. The predicted octanol–water partition coefficient (Wildman–Crippen LogP) is 6.03. The van der Waals surface area contributed by atoms with Crippen molar-refractivity contribution in [3.63, 3.8) is 0 Å². The molecule has 226 valence electrons. The number of alkyl halides is 3. The SMILES string of the molecule is CCCNC(=O)[C@@H](CC)N(Cc1ccc(F)cc1)C(=O)CN(c1cc(C(F)(F)F)ccc1Cl)S(=O)(=O)c1ccccc1. The van der Waals surface area contributed by atoms with Gasteiger partial charge in [-0.05, 0) is 60.9 Å². The van der Waals surface area contributed by atoms with Crippen LogP contribution in [0.3, 0.4) is 0 Å². The molecule has 3 rings (SSSR count). The number of carbonyl (C=O) groups is 2. The van der Waals surface area contributed by atoms with Gasteiger partial charge in [0.15, 0.2) is 0 Å². The summed E-state index contributed by atoms with van der Waals surface area (Å²) in [7, 11) is -4.63. The van der Waals surface area contributed by atoms with Crippen molar-refractivity contribution >= 4 is 39.1 Å². The number of nitrogens with one attached hydrogen (secondary N) is 1. The number of sulfonamides is 1. The monoisotopic (exact) mass is 627 g/mol. The molecule has 2 amide bonds. The summed E-state index contributed by atoms with van der Waals surface area (Å²) in [6.07, 6.45) is -4.08. The average Bonchev–Trinajstić information content (AvgIpc) is 2.95. The standard InChI is InChI=1S/C29H30ClF4N3O4S/c1-3-16-35-28(39)25(4-2)36(18-20-10-13-22(31)14-11-20)27(38)19-37(42(40,41)23-8-6-5-7-9-23)26-17-21(29(32,33)34)12-15-24(26)30/h5-15,17,25H,3-4,16,18-19H2,1-2H3,(H,35,39)/t25-/m1/s1. The van der Waals surface area contributed by atoms with Gasteiger partial charge in [-0.15, -0.1) is 0 Å². The topological polar surface area (TPSA) is 86.8 Å². The lowest BCUT2D eigenvalue weighted by molar-refractivity contribution is -0.140. The largest absolute Gasteiger partial charge is 0.416 e. The molecule has 0 radical (unpaired) electrons. The highest BCUT2D eigenvalue weighted by Crippen LogP contribution is 2.37. The zero-order chi connectivity index (χ0) is 31.1. The van der Waals surface area contributed by atoms with Crippen molar-refractivity contribution in [1.82, 2.24) is 10.2 Å². The van der Waals surface area contributed by atoms with Crippen molar-refractivity contribution < 1.29 is 35.6 Å². The van der Waals surface area contributed by atoms with Crippen LogP contribution in [0.2, 0.25) is 5.02 Å². The highest BCUT2D eigenvalue weighted by molar-refractivity contribution is 7.92. The fourth-order valence-electron chi connectivity index (χ4n) is 4.19. The lowest BCUT2D eigenvalue weighted by Gasteiger charge is -2.33. The van der Waals surface area contributed by atoms with Gasteiger partial charge in [0, 0.05) is 13.1 Å². The van der Waals surface area contributed by atoms with E-state index in [0.29, 0.717) is 35.0 Å². The fraction of sp³-hybridized carbons (Fsp3) is 0.310. The molecule has 1 atom stereocenters. The third-order valence-electron chi connectivity index (χ3n) is 6.35. The molecule has 0 saturated carbocycles. The van der Waals surface area contributed by atoms with E-state index in [1.807, 2.05) is 6.92 Å². The van der Waals surface area contributed by atoms with Crippen LogP contribution < -0.4 is 9.62 Å². The number of amides is 2. The first-order valence-electron chi connectivity index (χ1n) is 13.1. The van der Waals surface area contributed by atoms with Crippen molar-refractivity contribution in [1.29, 1.82) is 0 Å². The first kappa shape index (κ1) is 32.9. The maximum Gasteiger partial charge on any atom is 0.416 e. The van der Waals surface area contributed by atoms with Crippen molar-refractivity contribution in [2.24, 2.45) is 0 Å². The maximum atomic E-state index is 13.9. The Bertz CT molecular complexity index is 1490. The number of halogens is 5. The molecule has 3 aromatic carbocycles. The van der Waals surface area contributed by atoms with Gasteiger partial charge in [-0.25, -0.2) is 12.8 Å². The summed E-state index contributed by atoms with van der Waals surface area (Å²) in [5.41, 5.74) is -1.29. The molecule has 0 heterocycles. The summed E-state index contributed by atoms with van der Waals surface area (Å²) in [5.74, 6) is -1.90. The highest BCUT2D eigenvalue weighted by Gasteiger charge is 2.36. The molecule has 0 bridgehead atoms. The Hall–Kier alpha value is -3.64.